The van der Waals surface area contributed by atoms with Gasteiger partial charge in [-0.1, -0.05) is 27.7 Å². The summed E-state index contributed by atoms with van der Waals surface area (Å²) in [5.74, 6) is 0.710. The zero-order chi connectivity index (χ0) is 13.4. The van der Waals surface area contributed by atoms with Gasteiger partial charge in [-0.2, -0.15) is 0 Å². The Kier molecular flexibility index (Phi) is 8.83. The van der Waals surface area contributed by atoms with Crippen LogP contribution in [0.3, 0.4) is 0 Å². The summed E-state index contributed by atoms with van der Waals surface area (Å²) in [7, 11) is 4.29. The molecule has 0 amide bonds. The molecule has 0 saturated heterocycles. The van der Waals surface area contributed by atoms with Crippen molar-refractivity contribution in [3.8, 4) is 0 Å². The molecule has 0 aliphatic rings. The first-order valence-corrected chi connectivity index (χ1v) is 6.98. The lowest BCUT2D eigenvalue weighted by Gasteiger charge is -2.32. The minimum atomic E-state index is 0.590. The SMILES string of the molecule is CCN(CC(C)CNC(C)C)C(C)CN(C)C. The number of rotatable bonds is 9. The van der Waals surface area contributed by atoms with Gasteiger partial charge in [0.25, 0.3) is 0 Å². The molecule has 3 heteroatoms. The number of likely N-dealkylation sites (N-methyl/N-ethyl adjacent to an activating group) is 2. The molecule has 0 saturated carbocycles. The minimum Gasteiger partial charge on any atom is -0.314 e. The molecule has 0 aliphatic heterocycles. The fourth-order valence-corrected chi connectivity index (χ4v) is 2.17. The lowest BCUT2D eigenvalue weighted by molar-refractivity contribution is 0.159. The predicted octanol–water partition coefficient (Wildman–Crippen LogP) is 1.89. The van der Waals surface area contributed by atoms with E-state index in [1.165, 1.54) is 6.54 Å². The lowest BCUT2D eigenvalue weighted by atomic mass is 10.1. The largest absolute Gasteiger partial charge is 0.314 e. The minimum absolute atomic E-state index is 0.590. The van der Waals surface area contributed by atoms with Crippen molar-refractivity contribution in [1.82, 2.24) is 15.1 Å². The normalized spacial score (nSPS) is 15.9. The first kappa shape index (κ1) is 16.9. The van der Waals surface area contributed by atoms with E-state index in [-0.39, 0.29) is 0 Å². The van der Waals surface area contributed by atoms with E-state index < -0.39 is 0 Å². The highest BCUT2D eigenvalue weighted by Gasteiger charge is 2.15. The van der Waals surface area contributed by atoms with Gasteiger partial charge >= 0.3 is 0 Å². The van der Waals surface area contributed by atoms with Crippen LogP contribution in [0.15, 0.2) is 0 Å². The number of hydrogen-bond donors (Lipinski definition) is 1. The average Bonchev–Trinajstić information content (AvgIpc) is 2.21. The Morgan fingerprint density at radius 2 is 1.59 bits per heavy atom. The van der Waals surface area contributed by atoms with Gasteiger partial charge in [-0.05, 0) is 40.0 Å². The van der Waals surface area contributed by atoms with Crippen LogP contribution >= 0.6 is 0 Å². The van der Waals surface area contributed by atoms with Crippen LogP contribution in [0.25, 0.3) is 0 Å². The van der Waals surface area contributed by atoms with Crippen LogP contribution in [0.5, 0.6) is 0 Å². The molecule has 17 heavy (non-hydrogen) atoms. The van der Waals surface area contributed by atoms with Crippen molar-refractivity contribution in [3.63, 3.8) is 0 Å². The Balaban J connectivity index is 4.01. The van der Waals surface area contributed by atoms with E-state index in [0.29, 0.717) is 18.0 Å². The summed E-state index contributed by atoms with van der Waals surface area (Å²) in [5, 5.41) is 3.52. The van der Waals surface area contributed by atoms with E-state index >= 15 is 0 Å². The summed E-state index contributed by atoms with van der Waals surface area (Å²) in [6.45, 7) is 15.9. The number of nitrogens with zero attached hydrogens (tertiary/aromatic N) is 2. The molecule has 1 N–H and O–H groups in total. The maximum atomic E-state index is 3.52. The van der Waals surface area contributed by atoms with Gasteiger partial charge in [0.15, 0.2) is 0 Å². The molecule has 0 rings (SSSR count). The number of hydrogen-bond acceptors (Lipinski definition) is 3. The van der Waals surface area contributed by atoms with Crippen LogP contribution in [0.4, 0.5) is 0 Å². The van der Waals surface area contributed by atoms with Gasteiger partial charge in [-0.15, -0.1) is 0 Å². The summed E-state index contributed by atoms with van der Waals surface area (Å²) < 4.78 is 0. The van der Waals surface area contributed by atoms with Crippen molar-refractivity contribution in [1.29, 1.82) is 0 Å². The quantitative estimate of drug-likeness (QED) is 0.667. The van der Waals surface area contributed by atoms with Crippen LogP contribution in [-0.2, 0) is 0 Å². The van der Waals surface area contributed by atoms with Gasteiger partial charge in [0.05, 0.1) is 0 Å². The first-order chi connectivity index (χ1) is 7.86. The van der Waals surface area contributed by atoms with Crippen LogP contribution in [-0.4, -0.2) is 62.2 Å². The molecule has 2 unspecified atom stereocenters. The predicted molar refractivity (Wildman–Crippen MR) is 77.6 cm³/mol. The molecule has 0 radical (unpaired) electrons. The van der Waals surface area contributed by atoms with Gasteiger partial charge in [-0.3, -0.25) is 4.90 Å². The van der Waals surface area contributed by atoms with Crippen molar-refractivity contribution in [2.24, 2.45) is 5.92 Å². The molecule has 0 aromatic carbocycles. The third kappa shape index (κ3) is 8.58. The van der Waals surface area contributed by atoms with Gasteiger partial charge in [0.1, 0.15) is 0 Å². The molecular formula is C14H33N3. The van der Waals surface area contributed by atoms with Gasteiger partial charge in [-0.25, -0.2) is 0 Å². The third-order valence-electron chi connectivity index (χ3n) is 3.08. The van der Waals surface area contributed by atoms with E-state index in [0.717, 1.165) is 19.6 Å². The van der Waals surface area contributed by atoms with Crippen molar-refractivity contribution in [3.05, 3.63) is 0 Å². The van der Waals surface area contributed by atoms with Crippen molar-refractivity contribution >= 4 is 0 Å². The Labute approximate surface area is 109 Å². The average molecular weight is 243 g/mol. The Morgan fingerprint density at radius 3 is 2.00 bits per heavy atom. The summed E-state index contributed by atoms with van der Waals surface area (Å²) in [6.07, 6.45) is 0. The van der Waals surface area contributed by atoms with Crippen LogP contribution in [0.2, 0.25) is 0 Å². The second kappa shape index (κ2) is 8.90. The smallest absolute Gasteiger partial charge is 0.0194 e. The highest BCUT2D eigenvalue weighted by atomic mass is 15.2. The maximum Gasteiger partial charge on any atom is 0.0194 e. The Morgan fingerprint density at radius 1 is 1.00 bits per heavy atom. The molecule has 2 atom stereocenters. The highest BCUT2D eigenvalue weighted by Crippen LogP contribution is 2.05. The van der Waals surface area contributed by atoms with Crippen molar-refractivity contribution in [2.75, 3.05) is 40.3 Å². The topological polar surface area (TPSA) is 18.5 Å². The van der Waals surface area contributed by atoms with Crippen molar-refractivity contribution < 1.29 is 0 Å². The van der Waals surface area contributed by atoms with Crippen LogP contribution in [0, 0.1) is 5.92 Å². The van der Waals surface area contributed by atoms with Crippen LogP contribution in [0.1, 0.15) is 34.6 Å². The highest BCUT2D eigenvalue weighted by molar-refractivity contribution is 4.72. The van der Waals surface area contributed by atoms with Crippen LogP contribution < -0.4 is 5.32 Å². The molecule has 0 heterocycles. The molecule has 0 aromatic heterocycles. The molecule has 0 aromatic rings. The summed E-state index contributed by atoms with van der Waals surface area (Å²) in [6, 6.07) is 1.23. The molecule has 0 aliphatic carbocycles. The zero-order valence-electron chi connectivity index (χ0n) is 13.0. The monoisotopic (exact) mass is 243 g/mol. The van der Waals surface area contributed by atoms with E-state index in [9.17, 15) is 0 Å². The van der Waals surface area contributed by atoms with E-state index in [2.05, 4.69) is 63.8 Å². The van der Waals surface area contributed by atoms with Gasteiger partial charge in [0.2, 0.25) is 0 Å². The molecule has 0 fully saturated rings. The standard InChI is InChI=1S/C14H33N3/c1-8-17(14(5)11-16(6)7)10-13(4)9-15-12(2)3/h12-15H,8-11H2,1-7H3. The summed E-state index contributed by atoms with van der Waals surface area (Å²) >= 11 is 0. The molecule has 3 nitrogen and oxygen atoms in total. The number of nitrogens with one attached hydrogen (secondary N) is 1. The second-order valence-electron chi connectivity index (χ2n) is 5.87. The van der Waals surface area contributed by atoms with E-state index in [1.807, 2.05) is 0 Å². The van der Waals surface area contributed by atoms with Crippen molar-refractivity contribution in [2.45, 2.75) is 46.7 Å². The summed E-state index contributed by atoms with van der Waals surface area (Å²) in [4.78, 5) is 4.84. The Bertz CT molecular complexity index is 180. The Hall–Kier alpha value is -0.120. The van der Waals surface area contributed by atoms with Gasteiger partial charge in [0, 0.05) is 25.2 Å². The zero-order valence-corrected chi connectivity index (χ0v) is 13.0. The molecule has 0 bridgehead atoms. The molecular weight excluding hydrogens is 210 g/mol. The van der Waals surface area contributed by atoms with Gasteiger partial charge < -0.3 is 10.2 Å². The fourth-order valence-electron chi connectivity index (χ4n) is 2.17. The molecule has 104 valence electrons. The first-order valence-electron chi connectivity index (χ1n) is 6.98. The van der Waals surface area contributed by atoms with E-state index in [4.69, 9.17) is 0 Å². The van der Waals surface area contributed by atoms with E-state index in [1.54, 1.807) is 0 Å². The summed E-state index contributed by atoms with van der Waals surface area (Å²) in [5.41, 5.74) is 0. The fraction of sp³-hybridized carbons (Fsp3) is 1.00. The second-order valence-corrected chi connectivity index (χ2v) is 5.87. The maximum absolute atomic E-state index is 3.52. The molecule has 0 spiro atoms. The third-order valence-corrected chi connectivity index (χ3v) is 3.08. The lowest BCUT2D eigenvalue weighted by Crippen LogP contribution is -2.43.